The van der Waals surface area contributed by atoms with Gasteiger partial charge in [0.25, 0.3) is 5.91 Å². The maximum absolute atomic E-state index is 13.2. The summed E-state index contributed by atoms with van der Waals surface area (Å²) in [6.07, 6.45) is 2.45. The second-order valence-electron chi connectivity index (χ2n) is 7.66. The number of benzene rings is 3. The van der Waals surface area contributed by atoms with Gasteiger partial charge >= 0.3 is 0 Å². The Morgan fingerprint density at radius 3 is 2.42 bits per heavy atom. The Morgan fingerprint density at radius 1 is 0.939 bits per heavy atom. The molecule has 0 saturated carbocycles. The molecule has 1 aromatic heterocycles. The molecule has 166 valence electrons. The number of likely N-dealkylation sites (N-methyl/N-ethyl adjacent to an activating group) is 1. The maximum Gasteiger partial charge on any atom is 0.254 e. The van der Waals surface area contributed by atoms with Crippen LogP contribution in [0.15, 0.2) is 89.5 Å². The second-order valence-corrected chi connectivity index (χ2v) is 7.66. The third-order valence-electron chi connectivity index (χ3n) is 5.35. The van der Waals surface area contributed by atoms with Crippen molar-refractivity contribution in [2.45, 2.75) is 13.3 Å². The molecule has 4 rings (SSSR count). The Kier molecular flexibility index (Phi) is 6.64. The van der Waals surface area contributed by atoms with Crippen LogP contribution in [0.5, 0.6) is 0 Å². The molecule has 1 N–H and O–H groups in total. The minimum absolute atomic E-state index is 0.0773. The Bertz CT molecular complexity index is 1260. The zero-order valence-corrected chi connectivity index (χ0v) is 18.6. The number of carbonyl (C=O) groups is 2. The van der Waals surface area contributed by atoms with Gasteiger partial charge in [0.15, 0.2) is 5.76 Å². The van der Waals surface area contributed by atoms with Gasteiger partial charge in [-0.25, -0.2) is 4.98 Å². The van der Waals surface area contributed by atoms with Gasteiger partial charge in [0, 0.05) is 23.9 Å². The third kappa shape index (κ3) is 5.01. The first-order valence-corrected chi connectivity index (χ1v) is 10.8. The van der Waals surface area contributed by atoms with Crippen LogP contribution >= 0.6 is 0 Å². The van der Waals surface area contributed by atoms with Crippen LogP contribution in [0.4, 0.5) is 5.69 Å². The number of anilines is 1. The van der Waals surface area contributed by atoms with Gasteiger partial charge < -0.3 is 14.6 Å². The average Bonchev–Trinajstić information content (AvgIpc) is 3.34. The number of rotatable bonds is 7. The molecule has 0 spiro atoms. The third-order valence-corrected chi connectivity index (χ3v) is 5.35. The van der Waals surface area contributed by atoms with Gasteiger partial charge in [-0.15, -0.1) is 0 Å². The molecular formula is C27H25N3O3. The highest BCUT2D eigenvalue weighted by atomic mass is 16.4. The van der Waals surface area contributed by atoms with Crippen molar-refractivity contribution in [2.24, 2.45) is 0 Å². The molecule has 0 fully saturated rings. The van der Waals surface area contributed by atoms with Gasteiger partial charge in [-0.1, -0.05) is 67.6 Å². The Balaban J connectivity index is 1.51. The molecule has 3 aromatic carbocycles. The second kappa shape index (κ2) is 9.96. The van der Waals surface area contributed by atoms with Gasteiger partial charge in [0.1, 0.15) is 0 Å². The first-order chi connectivity index (χ1) is 16.1. The molecule has 6 heteroatoms. The number of nitrogens with zero attached hydrogens (tertiary/aromatic N) is 2. The van der Waals surface area contributed by atoms with Crippen molar-refractivity contribution in [1.82, 2.24) is 9.88 Å². The molecule has 0 aliphatic rings. The van der Waals surface area contributed by atoms with Crippen LogP contribution in [-0.4, -0.2) is 35.3 Å². The van der Waals surface area contributed by atoms with Crippen LogP contribution < -0.4 is 5.32 Å². The molecule has 0 atom stereocenters. The molecule has 0 bridgehead atoms. The highest BCUT2D eigenvalue weighted by Gasteiger charge is 2.21. The van der Waals surface area contributed by atoms with Gasteiger partial charge in [0.2, 0.25) is 11.8 Å². The quantitative estimate of drug-likeness (QED) is 0.425. The number of hydrogen-bond donors (Lipinski definition) is 1. The smallest absolute Gasteiger partial charge is 0.254 e. The zero-order chi connectivity index (χ0) is 23.2. The van der Waals surface area contributed by atoms with Gasteiger partial charge in [0.05, 0.1) is 18.3 Å². The summed E-state index contributed by atoms with van der Waals surface area (Å²) in [6, 6.07) is 24.4. The lowest BCUT2D eigenvalue weighted by molar-refractivity contribution is -0.116. The molecule has 0 aliphatic carbocycles. The summed E-state index contributed by atoms with van der Waals surface area (Å²) < 4.78 is 5.95. The van der Waals surface area contributed by atoms with E-state index in [1.165, 1.54) is 4.90 Å². The lowest BCUT2D eigenvalue weighted by Crippen LogP contribution is -2.35. The van der Waals surface area contributed by atoms with Gasteiger partial charge in [-0.3, -0.25) is 9.59 Å². The van der Waals surface area contributed by atoms with E-state index in [4.69, 9.17) is 4.42 Å². The Hall–Kier alpha value is -4.19. The molecule has 33 heavy (non-hydrogen) atoms. The van der Waals surface area contributed by atoms with Crippen LogP contribution in [0.1, 0.15) is 22.8 Å². The molecule has 4 aromatic rings. The van der Waals surface area contributed by atoms with E-state index in [0.29, 0.717) is 22.8 Å². The largest absolute Gasteiger partial charge is 0.436 e. The first kappa shape index (κ1) is 22.0. The van der Waals surface area contributed by atoms with Gasteiger partial charge in [-0.05, 0) is 30.2 Å². The summed E-state index contributed by atoms with van der Waals surface area (Å²) in [6.45, 7) is 1.95. The molecule has 0 unspecified atom stereocenters. The SMILES string of the molecule is CCc1ccccc1NC(=O)CN(C)C(=O)c1ccccc1-c1ncc(-c2ccccc2)o1. The Labute approximate surface area is 192 Å². The molecule has 6 nitrogen and oxygen atoms in total. The molecule has 0 radical (unpaired) electrons. The highest BCUT2D eigenvalue weighted by molar-refractivity contribution is 6.02. The van der Waals surface area contributed by atoms with Crippen molar-refractivity contribution in [2.75, 3.05) is 18.9 Å². The number of para-hydroxylation sites is 1. The van der Waals surface area contributed by atoms with E-state index in [0.717, 1.165) is 23.2 Å². The summed E-state index contributed by atoms with van der Waals surface area (Å²) in [7, 11) is 1.61. The number of nitrogens with one attached hydrogen (secondary N) is 1. The van der Waals surface area contributed by atoms with E-state index in [-0.39, 0.29) is 18.4 Å². The molecule has 2 amide bonds. The summed E-state index contributed by atoms with van der Waals surface area (Å²) in [5.41, 5.74) is 3.71. The monoisotopic (exact) mass is 439 g/mol. The standard InChI is InChI=1S/C27H25N3O3/c1-3-19-11-7-10-16-23(19)29-25(31)18-30(2)27(32)22-15-9-8-14-21(22)26-28-17-24(33-26)20-12-5-4-6-13-20/h4-17H,3,18H2,1-2H3,(H,29,31). The van der Waals surface area contributed by atoms with Crippen LogP contribution in [-0.2, 0) is 11.2 Å². The van der Waals surface area contributed by atoms with Crippen molar-refractivity contribution >= 4 is 17.5 Å². The van der Waals surface area contributed by atoms with E-state index in [9.17, 15) is 9.59 Å². The number of aromatic nitrogens is 1. The molecule has 0 aliphatic heterocycles. The number of hydrogen-bond acceptors (Lipinski definition) is 4. The topological polar surface area (TPSA) is 75.4 Å². The fourth-order valence-corrected chi connectivity index (χ4v) is 3.62. The number of oxazole rings is 1. The van der Waals surface area contributed by atoms with Crippen molar-refractivity contribution < 1.29 is 14.0 Å². The molecule has 1 heterocycles. The predicted octanol–water partition coefficient (Wildman–Crippen LogP) is 5.28. The summed E-state index contributed by atoms with van der Waals surface area (Å²) >= 11 is 0. The lowest BCUT2D eigenvalue weighted by atomic mass is 10.1. The highest BCUT2D eigenvalue weighted by Crippen LogP contribution is 2.28. The average molecular weight is 440 g/mol. The van der Waals surface area contributed by atoms with Crippen molar-refractivity contribution in [3.05, 3.63) is 96.2 Å². The zero-order valence-electron chi connectivity index (χ0n) is 18.6. The van der Waals surface area contributed by atoms with E-state index < -0.39 is 0 Å². The lowest BCUT2D eigenvalue weighted by Gasteiger charge is -2.18. The van der Waals surface area contributed by atoms with Crippen LogP contribution in [0.2, 0.25) is 0 Å². The number of carbonyl (C=O) groups excluding carboxylic acids is 2. The Morgan fingerprint density at radius 2 is 1.64 bits per heavy atom. The summed E-state index contributed by atoms with van der Waals surface area (Å²) in [5.74, 6) is 0.429. The number of amides is 2. The minimum Gasteiger partial charge on any atom is -0.436 e. The summed E-state index contributed by atoms with van der Waals surface area (Å²) in [5, 5.41) is 2.90. The summed E-state index contributed by atoms with van der Waals surface area (Å²) in [4.78, 5) is 31.6. The fourth-order valence-electron chi connectivity index (χ4n) is 3.62. The normalized spacial score (nSPS) is 10.6. The fraction of sp³-hybridized carbons (Fsp3) is 0.148. The minimum atomic E-state index is -0.288. The van der Waals surface area contributed by atoms with Crippen molar-refractivity contribution in [1.29, 1.82) is 0 Å². The van der Waals surface area contributed by atoms with Crippen LogP contribution in [0.25, 0.3) is 22.8 Å². The van der Waals surface area contributed by atoms with E-state index in [2.05, 4.69) is 10.3 Å². The van der Waals surface area contributed by atoms with E-state index in [1.54, 1.807) is 31.4 Å². The molecule has 0 saturated heterocycles. The van der Waals surface area contributed by atoms with Crippen molar-refractivity contribution in [3.8, 4) is 22.8 Å². The first-order valence-electron chi connectivity index (χ1n) is 10.8. The van der Waals surface area contributed by atoms with Gasteiger partial charge in [-0.2, -0.15) is 0 Å². The van der Waals surface area contributed by atoms with Crippen LogP contribution in [0, 0.1) is 0 Å². The molecular weight excluding hydrogens is 414 g/mol. The van der Waals surface area contributed by atoms with Crippen LogP contribution in [0.3, 0.4) is 0 Å². The van der Waals surface area contributed by atoms with E-state index >= 15 is 0 Å². The predicted molar refractivity (Wildman–Crippen MR) is 129 cm³/mol. The van der Waals surface area contributed by atoms with Crippen molar-refractivity contribution in [3.63, 3.8) is 0 Å². The number of aryl methyl sites for hydroxylation is 1. The van der Waals surface area contributed by atoms with E-state index in [1.807, 2.05) is 67.6 Å². The maximum atomic E-state index is 13.2.